The standard InChI is InChI=1S/C10H12ClNO3/c1-2-12(6-10(14)15)8-4-3-7(11)5-9(8)13/h3-5,13H,2,6H2,1H3,(H,14,15). The number of phenolic OH excluding ortho intramolecular Hbond substituents is 1. The first-order chi connectivity index (χ1) is 7.04. The summed E-state index contributed by atoms with van der Waals surface area (Å²) in [4.78, 5) is 12.1. The summed E-state index contributed by atoms with van der Waals surface area (Å²) in [6.45, 7) is 2.17. The quantitative estimate of drug-likeness (QED) is 0.829. The van der Waals surface area contributed by atoms with Crippen LogP contribution in [0.3, 0.4) is 0 Å². The number of likely N-dealkylation sites (N-methyl/N-ethyl adjacent to an activating group) is 1. The van der Waals surface area contributed by atoms with E-state index in [0.29, 0.717) is 17.3 Å². The monoisotopic (exact) mass is 229 g/mol. The molecule has 0 fully saturated rings. The Balaban J connectivity index is 2.96. The number of carboxylic acids is 1. The lowest BCUT2D eigenvalue weighted by molar-refractivity contribution is -0.135. The second-order valence-electron chi connectivity index (χ2n) is 3.04. The minimum atomic E-state index is -0.939. The van der Waals surface area contributed by atoms with Crippen LogP contribution >= 0.6 is 11.6 Å². The minimum absolute atomic E-state index is 0.00870. The summed E-state index contributed by atoms with van der Waals surface area (Å²) in [5.74, 6) is -0.947. The number of anilines is 1. The van der Waals surface area contributed by atoms with Gasteiger partial charge in [-0.25, -0.2) is 0 Å². The SMILES string of the molecule is CCN(CC(=O)O)c1ccc(Cl)cc1O. The molecule has 0 saturated carbocycles. The highest BCUT2D eigenvalue weighted by Crippen LogP contribution is 2.29. The van der Waals surface area contributed by atoms with Crippen molar-refractivity contribution in [1.29, 1.82) is 0 Å². The van der Waals surface area contributed by atoms with Crippen molar-refractivity contribution >= 4 is 23.3 Å². The number of phenols is 1. The predicted octanol–water partition coefficient (Wildman–Crippen LogP) is 1.96. The van der Waals surface area contributed by atoms with Crippen LogP contribution in [0, 0.1) is 0 Å². The summed E-state index contributed by atoms with van der Waals surface area (Å²) in [5.41, 5.74) is 0.476. The maximum atomic E-state index is 10.6. The van der Waals surface area contributed by atoms with E-state index >= 15 is 0 Å². The lowest BCUT2D eigenvalue weighted by atomic mass is 10.2. The van der Waals surface area contributed by atoms with Crippen molar-refractivity contribution < 1.29 is 15.0 Å². The maximum Gasteiger partial charge on any atom is 0.323 e. The van der Waals surface area contributed by atoms with Crippen LogP contribution in [-0.2, 0) is 4.79 Å². The molecule has 0 aliphatic rings. The zero-order valence-electron chi connectivity index (χ0n) is 8.27. The van der Waals surface area contributed by atoms with Crippen LogP contribution in [-0.4, -0.2) is 29.3 Å². The van der Waals surface area contributed by atoms with Gasteiger partial charge in [-0.2, -0.15) is 0 Å². The Morgan fingerprint density at radius 3 is 2.67 bits per heavy atom. The molecule has 4 nitrogen and oxygen atoms in total. The first-order valence-corrected chi connectivity index (χ1v) is 4.87. The van der Waals surface area contributed by atoms with Crippen LogP contribution in [0.2, 0.25) is 5.02 Å². The summed E-state index contributed by atoms with van der Waals surface area (Å²) in [7, 11) is 0. The molecular weight excluding hydrogens is 218 g/mol. The van der Waals surface area contributed by atoms with Crippen molar-refractivity contribution in [3.8, 4) is 5.75 Å². The Kier molecular flexibility index (Phi) is 3.80. The van der Waals surface area contributed by atoms with Crippen molar-refractivity contribution in [2.75, 3.05) is 18.0 Å². The number of nitrogens with zero attached hydrogens (tertiary/aromatic N) is 1. The van der Waals surface area contributed by atoms with Gasteiger partial charge in [-0.3, -0.25) is 4.79 Å². The number of benzene rings is 1. The van der Waals surface area contributed by atoms with Crippen molar-refractivity contribution in [3.63, 3.8) is 0 Å². The van der Waals surface area contributed by atoms with Gasteiger partial charge in [-0.15, -0.1) is 0 Å². The third-order valence-electron chi connectivity index (χ3n) is 1.99. The van der Waals surface area contributed by atoms with Crippen LogP contribution in [0.5, 0.6) is 5.75 Å². The second kappa shape index (κ2) is 4.89. The number of aliphatic carboxylic acids is 1. The van der Waals surface area contributed by atoms with Crippen molar-refractivity contribution in [1.82, 2.24) is 0 Å². The lowest BCUT2D eigenvalue weighted by Crippen LogP contribution is -2.29. The Morgan fingerprint density at radius 2 is 2.20 bits per heavy atom. The molecular formula is C10H12ClNO3. The highest BCUT2D eigenvalue weighted by atomic mass is 35.5. The average molecular weight is 230 g/mol. The van der Waals surface area contributed by atoms with Gasteiger partial charge in [0.25, 0.3) is 0 Å². The molecule has 1 aromatic rings. The highest BCUT2D eigenvalue weighted by molar-refractivity contribution is 6.30. The number of aromatic hydroxyl groups is 1. The number of carboxylic acid groups (broad SMARTS) is 1. The predicted molar refractivity (Wildman–Crippen MR) is 58.6 cm³/mol. The summed E-state index contributed by atoms with van der Waals surface area (Å²) in [5, 5.41) is 18.7. The largest absolute Gasteiger partial charge is 0.506 e. The fourth-order valence-corrected chi connectivity index (χ4v) is 1.46. The maximum absolute atomic E-state index is 10.6. The molecule has 0 heterocycles. The van der Waals surface area contributed by atoms with Gasteiger partial charge >= 0.3 is 5.97 Å². The molecule has 0 saturated heterocycles. The van der Waals surface area contributed by atoms with Crippen molar-refractivity contribution in [2.45, 2.75) is 6.92 Å². The lowest BCUT2D eigenvalue weighted by Gasteiger charge is -2.21. The molecule has 0 unspecified atom stereocenters. The number of halogens is 1. The highest BCUT2D eigenvalue weighted by Gasteiger charge is 2.12. The van der Waals surface area contributed by atoms with Gasteiger partial charge in [0.1, 0.15) is 12.3 Å². The van der Waals surface area contributed by atoms with E-state index in [1.807, 2.05) is 6.92 Å². The molecule has 15 heavy (non-hydrogen) atoms. The molecule has 5 heteroatoms. The van der Waals surface area contributed by atoms with Gasteiger partial charge in [0.2, 0.25) is 0 Å². The third kappa shape index (κ3) is 3.02. The molecule has 1 aromatic carbocycles. The van der Waals surface area contributed by atoms with Gasteiger partial charge in [0.15, 0.2) is 0 Å². The Hall–Kier alpha value is -1.42. The number of rotatable bonds is 4. The fraction of sp³-hybridized carbons (Fsp3) is 0.300. The molecule has 0 bridgehead atoms. The van der Waals surface area contributed by atoms with E-state index in [2.05, 4.69) is 0 Å². The number of hydrogen-bond donors (Lipinski definition) is 2. The Bertz CT molecular complexity index is 368. The van der Waals surface area contributed by atoms with E-state index in [1.54, 1.807) is 17.0 Å². The normalized spacial score (nSPS) is 10.0. The zero-order chi connectivity index (χ0) is 11.4. The van der Waals surface area contributed by atoms with E-state index < -0.39 is 5.97 Å². The molecule has 1 rings (SSSR count). The molecule has 2 N–H and O–H groups in total. The zero-order valence-corrected chi connectivity index (χ0v) is 9.03. The van der Waals surface area contributed by atoms with Crippen LogP contribution in [0.15, 0.2) is 18.2 Å². The summed E-state index contributed by atoms with van der Waals surface area (Å²) in [6.07, 6.45) is 0. The molecule has 0 amide bonds. The summed E-state index contributed by atoms with van der Waals surface area (Å²) >= 11 is 5.68. The van der Waals surface area contributed by atoms with E-state index in [-0.39, 0.29) is 12.3 Å². The first kappa shape index (κ1) is 11.7. The van der Waals surface area contributed by atoms with E-state index in [4.69, 9.17) is 16.7 Å². The molecule has 0 aliphatic carbocycles. The molecule has 0 aromatic heterocycles. The molecule has 82 valence electrons. The van der Waals surface area contributed by atoms with Crippen molar-refractivity contribution in [3.05, 3.63) is 23.2 Å². The topological polar surface area (TPSA) is 60.8 Å². The Labute approximate surface area is 92.7 Å². The smallest absolute Gasteiger partial charge is 0.323 e. The molecule has 0 aliphatic heterocycles. The van der Waals surface area contributed by atoms with Gasteiger partial charge in [-0.1, -0.05) is 11.6 Å². The molecule has 0 spiro atoms. The van der Waals surface area contributed by atoms with Gasteiger partial charge < -0.3 is 15.1 Å². The van der Waals surface area contributed by atoms with Crippen molar-refractivity contribution in [2.24, 2.45) is 0 Å². The number of carbonyl (C=O) groups is 1. The van der Waals surface area contributed by atoms with Gasteiger partial charge in [0, 0.05) is 17.6 Å². The molecule has 0 radical (unpaired) electrons. The van der Waals surface area contributed by atoms with Crippen LogP contribution in [0.25, 0.3) is 0 Å². The number of hydrogen-bond acceptors (Lipinski definition) is 3. The summed E-state index contributed by atoms with van der Waals surface area (Å²) < 4.78 is 0. The summed E-state index contributed by atoms with van der Waals surface area (Å²) in [6, 6.07) is 4.60. The van der Waals surface area contributed by atoms with Gasteiger partial charge in [-0.05, 0) is 19.1 Å². The van der Waals surface area contributed by atoms with E-state index in [0.717, 1.165) is 0 Å². The Morgan fingerprint density at radius 1 is 1.53 bits per heavy atom. The third-order valence-corrected chi connectivity index (χ3v) is 2.22. The fourth-order valence-electron chi connectivity index (χ4n) is 1.29. The van der Waals surface area contributed by atoms with Crippen LogP contribution < -0.4 is 4.90 Å². The average Bonchev–Trinajstić information content (AvgIpc) is 2.14. The van der Waals surface area contributed by atoms with Crippen LogP contribution in [0.4, 0.5) is 5.69 Å². The van der Waals surface area contributed by atoms with Gasteiger partial charge in [0.05, 0.1) is 5.69 Å². The minimum Gasteiger partial charge on any atom is -0.506 e. The van der Waals surface area contributed by atoms with E-state index in [9.17, 15) is 9.90 Å². The van der Waals surface area contributed by atoms with E-state index in [1.165, 1.54) is 6.07 Å². The second-order valence-corrected chi connectivity index (χ2v) is 3.48. The molecule has 0 atom stereocenters. The van der Waals surface area contributed by atoms with Crippen LogP contribution in [0.1, 0.15) is 6.92 Å². The first-order valence-electron chi connectivity index (χ1n) is 4.50.